The Labute approximate surface area is 128 Å². The topological polar surface area (TPSA) is 50.8 Å². The Bertz CT molecular complexity index is 787. The summed E-state index contributed by atoms with van der Waals surface area (Å²) in [6, 6.07) is 9.44. The highest BCUT2D eigenvalue weighted by Gasteiger charge is 2.12. The Balaban J connectivity index is 1.75. The van der Waals surface area contributed by atoms with E-state index < -0.39 is 0 Å². The van der Waals surface area contributed by atoms with Gasteiger partial charge in [-0.15, -0.1) is 0 Å². The van der Waals surface area contributed by atoms with Crippen LogP contribution in [0.1, 0.15) is 18.4 Å². The zero-order chi connectivity index (χ0) is 15.4. The van der Waals surface area contributed by atoms with Crippen LogP contribution in [-0.2, 0) is 11.3 Å². The Morgan fingerprint density at radius 3 is 3.05 bits per heavy atom. The highest BCUT2D eigenvalue weighted by Crippen LogP contribution is 2.10. The zero-order valence-corrected chi connectivity index (χ0v) is 12.3. The minimum atomic E-state index is -0.0511. The number of furan rings is 1. The summed E-state index contributed by atoms with van der Waals surface area (Å²) in [4.78, 5) is 18.4. The number of imidazole rings is 1. The van der Waals surface area contributed by atoms with E-state index in [4.69, 9.17) is 4.42 Å². The molecule has 0 aliphatic heterocycles. The van der Waals surface area contributed by atoms with E-state index in [1.165, 1.54) is 6.08 Å². The first-order valence-electron chi connectivity index (χ1n) is 7.19. The van der Waals surface area contributed by atoms with E-state index in [2.05, 4.69) is 4.98 Å². The van der Waals surface area contributed by atoms with Crippen molar-refractivity contribution in [2.75, 3.05) is 6.54 Å². The number of carbonyl (C=O) groups is 1. The molecule has 0 unspecified atom stereocenters. The molecule has 0 aliphatic rings. The van der Waals surface area contributed by atoms with Crippen LogP contribution < -0.4 is 0 Å². The first-order chi connectivity index (χ1) is 10.8. The Hall–Kier alpha value is -2.82. The molecule has 3 heterocycles. The predicted molar refractivity (Wildman–Crippen MR) is 84.0 cm³/mol. The molecule has 0 aliphatic carbocycles. The molecule has 0 fully saturated rings. The molecule has 3 aromatic heterocycles. The van der Waals surface area contributed by atoms with E-state index in [0.29, 0.717) is 18.8 Å². The molecule has 1 amide bonds. The molecule has 22 heavy (non-hydrogen) atoms. The third kappa shape index (κ3) is 2.93. The van der Waals surface area contributed by atoms with Gasteiger partial charge in [0.1, 0.15) is 11.4 Å². The van der Waals surface area contributed by atoms with E-state index in [9.17, 15) is 4.79 Å². The molecule has 3 aromatic rings. The molecular weight excluding hydrogens is 278 g/mol. The molecule has 5 nitrogen and oxygen atoms in total. The molecule has 0 radical (unpaired) electrons. The summed E-state index contributed by atoms with van der Waals surface area (Å²) in [5.74, 6) is 0.615. The first-order valence-corrected chi connectivity index (χ1v) is 7.19. The Kier molecular flexibility index (Phi) is 4.05. The van der Waals surface area contributed by atoms with Crippen LogP contribution in [0.5, 0.6) is 0 Å². The fraction of sp³-hybridized carbons (Fsp3) is 0.176. The lowest BCUT2D eigenvalue weighted by atomic mass is 10.3. The van der Waals surface area contributed by atoms with E-state index in [0.717, 1.165) is 11.3 Å². The minimum absolute atomic E-state index is 0.0511. The van der Waals surface area contributed by atoms with E-state index in [1.54, 1.807) is 23.3 Å². The van der Waals surface area contributed by atoms with Crippen molar-refractivity contribution in [3.05, 3.63) is 66.5 Å². The lowest BCUT2D eigenvalue weighted by Crippen LogP contribution is -2.29. The van der Waals surface area contributed by atoms with Gasteiger partial charge in [-0.2, -0.15) is 0 Å². The molecule has 0 spiro atoms. The quantitative estimate of drug-likeness (QED) is 0.680. The normalized spacial score (nSPS) is 11.3. The van der Waals surface area contributed by atoms with Gasteiger partial charge in [-0.25, -0.2) is 4.98 Å². The molecule has 0 aromatic carbocycles. The second kappa shape index (κ2) is 6.30. The number of fused-ring (bicyclic) bond motifs is 1. The maximum atomic E-state index is 12.3. The molecule has 0 saturated carbocycles. The number of hydrogen-bond acceptors (Lipinski definition) is 3. The van der Waals surface area contributed by atoms with Crippen LogP contribution in [0, 0.1) is 0 Å². The molecule has 112 valence electrons. The van der Waals surface area contributed by atoms with Gasteiger partial charge in [0.2, 0.25) is 5.91 Å². The third-order valence-electron chi connectivity index (χ3n) is 3.47. The van der Waals surface area contributed by atoms with Gasteiger partial charge < -0.3 is 13.7 Å². The van der Waals surface area contributed by atoms with Gasteiger partial charge in [0, 0.05) is 18.8 Å². The predicted octanol–water partition coefficient (Wildman–Crippen LogP) is 2.99. The van der Waals surface area contributed by atoms with Crippen molar-refractivity contribution < 1.29 is 9.21 Å². The smallest absolute Gasteiger partial charge is 0.247 e. The summed E-state index contributed by atoms with van der Waals surface area (Å²) in [7, 11) is 0. The van der Waals surface area contributed by atoms with Crippen LogP contribution in [0.2, 0.25) is 0 Å². The van der Waals surface area contributed by atoms with Gasteiger partial charge >= 0.3 is 0 Å². The highest BCUT2D eigenvalue weighted by atomic mass is 16.3. The largest absolute Gasteiger partial charge is 0.465 e. The molecule has 0 atom stereocenters. The van der Waals surface area contributed by atoms with Crippen LogP contribution in [0.15, 0.2) is 59.5 Å². The van der Waals surface area contributed by atoms with Crippen LogP contribution >= 0.6 is 0 Å². The standard InChI is InChI=1S/C17H17N3O2/c1-2-19(17(21)9-8-15-6-5-11-22-15)13-14-12-18-16-7-3-4-10-20(14)16/h3-12H,2,13H2,1H3/b9-8+. The van der Waals surface area contributed by atoms with Crippen LogP contribution in [0.3, 0.4) is 0 Å². The second-order valence-electron chi connectivity index (χ2n) is 4.88. The first kappa shape index (κ1) is 14.1. The Morgan fingerprint density at radius 2 is 2.27 bits per heavy atom. The van der Waals surface area contributed by atoms with Crippen molar-refractivity contribution >= 4 is 17.6 Å². The van der Waals surface area contributed by atoms with Gasteiger partial charge in [0.25, 0.3) is 0 Å². The van der Waals surface area contributed by atoms with Crippen molar-refractivity contribution in [1.29, 1.82) is 0 Å². The SMILES string of the molecule is CCN(Cc1cnc2ccccn12)C(=O)/C=C/c1ccco1. The third-order valence-corrected chi connectivity index (χ3v) is 3.47. The van der Waals surface area contributed by atoms with E-state index in [1.807, 2.05) is 48.0 Å². The van der Waals surface area contributed by atoms with E-state index in [-0.39, 0.29) is 5.91 Å². The van der Waals surface area contributed by atoms with Crippen molar-refractivity contribution in [2.24, 2.45) is 0 Å². The zero-order valence-electron chi connectivity index (χ0n) is 12.3. The molecule has 0 saturated heterocycles. The Morgan fingerprint density at radius 1 is 1.36 bits per heavy atom. The summed E-state index contributed by atoms with van der Waals surface area (Å²) in [5, 5.41) is 0. The molecule has 5 heteroatoms. The number of likely N-dealkylation sites (N-methyl/N-ethyl adjacent to an activating group) is 1. The number of rotatable bonds is 5. The van der Waals surface area contributed by atoms with Gasteiger partial charge in [-0.3, -0.25) is 4.79 Å². The minimum Gasteiger partial charge on any atom is -0.465 e. The number of amides is 1. The second-order valence-corrected chi connectivity index (χ2v) is 4.88. The highest BCUT2D eigenvalue weighted by molar-refractivity contribution is 5.91. The number of hydrogen-bond donors (Lipinski definition) is 0. The van der Waals surface area contributed by atoms with Crippen LogP contribution in [0.4, 0.5) is 0 Å². The molecule has 3 rings (SSSR count). The number of nitrogens with zero attached hydrogens (tertiary/aromatic N) is 3. The van der Waals surface area contributed by atoms with Crippen LogP contribution in [-0.4, -0.2) is 26.7 Å². The van der Waals surface area contributed by atoms with Crippen molar-refractivity contribution in [2.45, 2.75) is 13.5 Å². The fourth-order valence-corrected chi connectivity index (χ4v) is 2.29. The van der Waals surface area contributed by atoms with Gasteiger partial charge in [0.05, 0.1) is 24.7 Å². The number of carbonyl (C=O) groups excluding carboxylic acids is 1. The maximum absolute atomic E-state index is 12.3. The van der Waals surface area contributed by atoms with Crippen molar-refractivity contribution in [1.82, 2.24) is 14.3 Å². The maximum Gasteiger partial charge on any atom is 0.247 e. The summed E-state index contributed by atoms with van der Waals surface area (Å²) in [5.41, 5.74) is 1.87. The summed E-state index contributed by atoms with van der Waals surface area (Å²) in [6.45, 7) is 3.10. The fourth-order valence-electron chi connectivity index (χ4n) is 2.29. The average Bonchev–Trinajstić information content (AvgIpc) is 3.20. The number of pyridine rings is 1. The molecule has 0 bridgehead atoms. The summed E-state index contributed by atoms with van der Waals surface area (Å²) in [6.07, 6.45) is 8.56. The lowest BCUT2D eigenvalue weighted by molar-refractivity contribution is -0.126. The monoisotopic (exact) mass is 295 g/mol. The van der Waals surface area contributed by atoms with Gasteiger partial charge in [-0.1, -0.05) is 6.07 Å². The summed E-state index contributed by atoms with van der Waals surface area (Å²) < 4.78 is 7.18. The molecular formula is C17H17N3O2. The van der Waals surface area contributed by atoms with Crippen molar-refractivity contribution in [3.8, 4) is 0 Å². The lowest BCUT2D eigenvalue weighted by Gasteiger charge is -2.18. The number of aromatic nitrogens is 2. The van der Waals surface area contributed by atoms with Crippen LogP contribution in [0.25, 0.3) is 11.7 Å². The summed E-state index contributed by atoms with van der Waals surface area (Å²) >= 11 is 0. The molecule has 0 N–H and O–H groups in total. The van der Waals surface area contributed by atoms with Gasteiger partial charge in [-0.05, 0) is 37.3 Å². The average molecular weight is 295 g/mol. The van der Waals surface area contributed by atoms with Gasteiger partial charge in [0.15, 0.2) is 0 Å². The van der Waals surface area contributed by atoms with Crippen molar-refractivity contribution in [3.63, 3.8) is 0 Å². The van der Waals surface area contributed by atoms with E-state index >= 15 is 0 Å².